The number of ether oxygens (including phenoxy) is 1. The molecule has 17 heavy (non-hydrogen) atoms. The van der Waals surface area contributed by atoms with Crippen LogP contribution in [0.2, 0.25) is 5.02 Å². The van der Waals surface area contributed by atoms with Crippen LogP contribution in [0.4, 0.5) is 0 Å². The van der Waals surface area contributed by atoms with Gasteiger partial charge in [-0.25, -0.2) is 0 Å². The lowest BCUT2D eigenvalue weighted by atomic mass is 10.2. The van der Waals surface area contributed by atoms with Crippen LogP contribution in [0.3, 0.4) is 0 Å². The highest BCUT2D eigenvalue weighted by atomic mass is 35.5. The summed E-state index contributed by atoms with van der Waals surface area (Å²) in [6.45, 7) is 7.08. The molecule has 0 aliphatic heterocycles. The lowest BCUT2D eigenvalue weighted by molar-refractivity contribution is -0.688. The number of benzene rings is 1. The molecule has 0 saturated heterocycles. The second-order valence-electron chi connectivity index (χ2n) is 4.59. The first-order valence-corrected chi connectivity index (χ1v) is 6.27. The first-order chi connectivity index (χ1) is 7.99. The average molecular weight is 259 g/mol. The summed E-state index contributed by atoms with van der Waals surface area (Å²) < 4.78 is 5.51. The molecule has 0 saturated carbocycles. The van der Waals surface area contributed by atoms with Gasteiger partial charge >= 0.3 is 0 Å². The molecule has 0 heterocycles. The smallest absolute Gasteiger partial charge is 0.137 e. The molecule has 0 amide bonds. The molecule has 0 aliphatic rings. The van der Waals surface area contributed by atoms with E-state index >= 15 is 0 Å². The first-order valence-electron chi connectivity index (χ1n) is 5.89. The number of hydrogen-bond donors (Lipinski definition) is 2. The second-order valence-corrected chi connectivity index (χ2v) is 5.00. The van der Waals surface area contributed by atoms with Gasteiger partial charge < -0.3 is 15.2 Å². The van der Waals surface area contributed by atoms with Gasteiger partial charge in [0.15, 0.2) is 0 Å². The van der Waals surface area contributed by atoms with Crippen molar-refractivity contribution in [3.63, 3.8) is 0 Å². The fourth-order valence-corrected chi connectivity index (χ4v) is 1.51. The first kappa shape index (κ1) is 14.3. The Hall–Kier alpha value is -0.770. The van der Waals surface area contributed by atoms with Crippen molar-refractivity contribution in [2.24, 2.45) is 0 Å². The molecule has 1 aromatic carbocycles. The molecule has 0 spiro atoms. The highest BCUT2D eigenvalue weighted by Crippen LogP contribution is 2.20. The molecular formula is C13H21ClNO2+. The van der Waals surface area contributed by atoms with Crippen LogP contribution in [0, 0.1) is 6.92 Å². The van der Waals surface area contributed by atoms with E-state index in [4.69, 9.17) is 16.3 Å². The van der Waals surface area contributed by atoms with Gasteiger partial charge in [0.25, 0.3) is 0 Å². The van der Waals surface area contributed by atoms with Gasteiger partial charge in [-0.15, -0.1) is 0 Å². The number of aliphatic hydroxyl groups is 1. The van der Waals surface area contributed by atoms with Crippen LogP contribution in [0.25, 0.3) is 0 Å². The van der Waals surface area contributed by atoms with E-state index in [1.165, 1.54) is 0 Å². The third-order valence-electron chi connectivity index (χ3n) is 2.45. The van der Waals surface area contributed by atoms with Crippen molar-refractivity contribution >= 4 is 11.6 Å². The van der Waals surface area contributed by atoms with Crippen LogP contribution in [0.1, 0.15) is 19.4 Å². The summed E-state index contributed by atoms with van der Waals surface area (Å²) in [6, 6.07) is 5.98. The molecule has 1 rings (SSSR count). The summed E-state index contributed by atoms with van der Waals surface area (Å²) in [6.07, 6.45) is -0.451. The van der Waals surface area contributed by atoms with E-state index in [2.05, 4.69) is 19.2 Å². The number of halogens is 1. The highest BCUT2D eigenvalue weighted by Gasteiger charge is 2.09. The van der Waals surface area contributed by atoms with Crippen LogP contribution >= 0.6 is 11.6 Å². The van der Waals surface area contributed by atoms with Crippen molar-refractivity contribution < 1.29 is 15.2 Å². The zero-order chi connectivity index (χ0) is 12.8. The van der Waals surface area contributed by atoms with Crippen molar-refractivity contribution in [3.8, 4) is 5.75 Å². The fraction of sp³-hybridized carbons (Fsp3) is 0.538. The van der Waals surface area contributed by atoms with Crippen molar-refractivity contribution in [2.45, 2.75) is 32.9 Å². The number of quaternary nitrogens is 1. The summed E-state index contributed by atoms with van der Waals surface area (Å²) in [4.78, 5) is 0. The lowest BCUT2D eigenvalue weighted by Gasteiger charge is -2.13. The number of aliphatic hydroxyl groups excluding tert-OH is 1. The Kier molecular flexibility index (Phi) is 5.75. The normalized spacial score (nSPS) is 12.8. The minimum atomic E-state index is -0.451. The minimum absolute atomic E-state index is 0.310. The third-order valence-corrected chi connectivity index (χ3v) is 2.88. The molecule has 4 heteroatoms. The molecule has 96 valence electrons. The largest absolute Gasteiger partial charge is 0.491 e. The third kappa shape index (κ3) is 5.39. The maximum absolute atomic E-state index is 9.70. The molecule has 3 N–H and O–H groups in total. The van der Waals surface area contributed by atoms with E-state index in [1.807, 2.05) is 19.1 Å². The Morgan fingerprint density at radius 3 is 2.71 bits per heavy atom. The molecule has 0 bridgehead atoms. The van der Waals surface area contributed by atoms with Crippen molar-refractivity contribution in [3.05, 3.63) is 28.8 Å². The van der Waals surface area contributed by atoms with Crippen molar-refractivity contribution in [1.29, 1.82) is 0 Å². The summed E-state index contributed by atoms with van der Waals surface area (Å²) in [5.74, 6) is 0.746. The number of hydrogen-bond acceptors (Lipinski definition) is 2. The Balaban J connectivity index is 2.36. The lowest BCUT2D eigenvalue weighted by Crippen LogP contribution is -2.90. The van der Waals surface area contributed by atoms with E-state index in [0.717, 1.165) is 16.3 Å². The quantitative estimate of drug-likeness (QED) is 0.809. The predicted octanol–water partition coefficient (Wildman–Crippen LogP) is 1.36. The van der Waals surface area contributed by atoms with Gasteiger partial charge in [0, 0.05) is 5.02 Å². The van der Waals surface area contributed by atoms with E-state index in [0.29, 0.717) is 19.2 Å². The summed E-state index contributed by atoms with van der Waals surface area (Å²) in [5, 5.41) is 12.5. The molecule has 1 atom stereocenters. The van der Waals surface area contributed by atoms with Gasteiger partial charge in [-0.1, -0.05) is 11.6 Å². The van der Waals surface area contributed by atoms with Crippen molar-refractivity contribution in [2.75, 3.05) is 13.2 Å². The van der Waals surface area contributed by atoms with Gasteiger partial charge in [0.1, 0.15) is 25.0 Å². The van der Waals surface area contributed by atoms with Gasteiger partial charge in [0.2, 0.25) is 0 Å². The van der Waals surface area contributed by atoms with E-state index in [-0.39, 0.29) is 0 Å². The number of aryl methyl sites for hydroxylation is 1. The summed E-state index contributed by atoms with van der Waals surface area (Å²) in [7, 11) is 0. The average Bonchev–Trinajstić information content (AvgIpc) is 2.28. The van der Waals surface area contributed by atoms with E-state index in [1.54, 1.807) is 6.07 Å². The SMILES string of the molecule is Cc1cc(OC[C@H](O)C[NH2+]C(C)C)ccc1Cl. The Bertz CT molecular complexity index is 355. The molecule has 0 aliphatic carbocycles. The zero-order valence-corrected chi connectivity index (χ0v) is 11.4. The monoisotopic (exact) mass is 258 g/mol. The number of rotatable bonds is 6. The zero-order valence-electron chi connectivity index (χ0n) is 10.6. The van der Waals surface area contributed by atoms with Crippen LogP contribution in [0.5, 0.6) is 5.75 Å². The minimum Gasteiger partial charge on any atom is -0.491 e. The van der Waals surface area contributed by atoms with Gasteiger partial charge in [-0.05, 0) is 44.5 Å². The standard InChI is InChI=1S/C13H20ClNO2/c1-9(2)15-7-11(16)8-17-12-4-5-13(14)10(3)6-12/h4-6,9,11,15-16H,7-8H2,1-3H3/p+1/t11-/m1/s1. The van der Waals surface area contributed by atoms with Crippen LogP contribution in [-0.2, 0) is 0 Å². The molecule has 3 nitrogen and oxygen atoms in total. The van der Waals surface area contributed by atoms with Gasteiger partial charge in [0.05, 0.1) is 6.04 Å². The Labute approximate surface area is 108 Å². The van der Waals surface area contributed by atoms with E-state index < -0.39 is 6.10 Å². The molecule has 0 unspecified atom stereocenters. The van der Waals surface area contributed by atoms with Crippen LogP contribution in [-0.4, -0.2) is 30.4 Å². The van der Waals surface area contributed by atoms with E-state index in [9.17, 15) is 5.11 Å². The van der Waals surface area contributed by atoms with Gasteiger partial charge in [-0.2, -0.15) is 0 Å². The maximum atomic E-state index is 9.70. The Morgan fingerprint density at radius 1 is 1.41 bits per heavy atom. The second kappa shape index (κ2) is 6.84. The number of nitrogens with two attached hydrogens (primary N) is 1. The molecule has 0 aromatic heterocycles. The maximum Gasteiger partial charge on any atom is 0.137 e. The molecule has 0 fully saturated rings. The highest BCUT2D eigenvalue weighted by molar-refractivity contribution is 6.31. The molecule has 1 aromatic rings. The molecular weight excluding hydrogens is 238 g/mol. The topological polar surface area (TPSA) is 46.1 Å². The Morgan fingerprint density at radius 2 is 2.12 bits per heavy atom. The van der Waals surface area contributed by atoms with Crippen LogP contribution in [0.15, 0.2) is 18.2 Å². The predicted molar refractivity (Wildman–Crippen MR) is 69.6 cm³/mol. The molecule has 0 radical (unpaired) electrons. The fourth-order valence-electron chi connectivity index (χ4n) is 1.40. The van der Waals surface area contributed by atoms with Crippen molar-refractivity contribution in [1.82, 2.24) is 0 Å². The summed E-state index contributed by atoms with van der Waals surface area (Å²) >= 11 is 5.92. The summed E-state index contributed by atoms with van der Waals surface area (Å²) in [5.41, 5.74) is 0.979. The van der Waals surface area contributed by atoms with Gasteiger partial charge in [-0.3, -0.25) is 0 Å². The van der Waals surface area contributed by atoms with Crippen LogP contribution < -0.4 is 10.1 Å².